The largest absolute Gasteiger partial charge is 0.508 e. The zero-order valence-corrected chi connectivity index (χ0v) is 12.2. The SMILES string of the molecule is O=C1CC[C@H]2[C@@H]3CCc4cc(O)ccc4[C@H]3CC[C@]12CO. The fourth-order valence-corrected chi connectivity index (χ4v) is 5.44. The molecule has 0 unspecified atom stereocenters. The number of hydrogen-bond acceptors (Lipinski definition) is 3. The first kappa shape index (κ1) is 13.3. The van der Waals surface area contributed by atoms with Crippen LogP contribution >= 0.6 is 0 Å². The Morgan fingerprint density at radius 2 is 2.05 bits per heavy atom. The molecule has 0 bridgehead atoms. The molecule has 2 fully saturated rings. The second kappa shape index (κ2) is 4.57. The molecule has 4 rings (SSSR count). The molecule has 0 saturated heterocycles. The maximum Gasteiger partial charge on any atom is 0.141 e. The van der Waals surface area contributed by atoms with Crippen LogP contribution in [0.3, 0.4) is 0 Å². The van der Waals surface area contributed by atoms with Gasteiger partial charge in [-0.3, -0.25) is 4.79 Å². The molecule has 3 aliphatic rings. The van der Waals surface area contributed by atoms with Gasteiger partial charge in [-0.15, -0.1) is 0 Å². The summed E-state index contributed by atoms with van der Waals surface area (Å²) in [7, 11) is 0. The molecule has 1 aromatic carbocycles. The van der Waals surface area contributed by atoms with E-state index in [0.717, 1.165) is 32.1 Å². The number of aliphatic hydroxyl groups is 1. The molecule has 0 aromatic heterocycles. The molecule has 2 saturated carbocycles. The summed E-state index contributed by atoms with van der Waals surface area (Å²) in [4.78, 5) is 12.3. The average molecular weight is 286 g/mol. The smallest absolute Gasteiger partial charge is 0.141 e. The van der Waals surface area contributed by atoms with Crippen molar-refractivity contribution < 1.29 is 15.0 Å². The average Bonchev–Trinajstić information content (AvgIpc) is 2.84. The van der Waals surface area contributed by atoms with Gasteiger partial charge in [0.1, 0.15) is 11.5 Å². The third kappa shape index (κ3) is 1.73. The van der Waals surface area contributed by atoms with E-state index in [9.17, 15) is 15.0 Å². The highest BCUT2D eigenvalue weighted by atomic mass is 16.3. The molecular formula is C18H22O3. The van der Waals surface area contributed by atoms with Crippen molar-refractivity contribution >= 4 is 5.78 Å². The van der Waals surface area contributed by atoms with Crippen molar-refractivity contribution in [3.8, 4) is 5.75 Å². The van der Waals surface area contributed by atoms with Gasteiger partial charge in [-0.1, -0.05) is 6.07 Å². The van der Waals surface area contributed by atoms with Gasteiger partial charge in [0.15, 0.2) is 0 Å². The van der Waals surface area contributed by atoms with Gasteiger partial charge < -0.3 is 10.2 Å². The van der Waals surface area contributed by atoms with Crippen LogP contribution in [0.2, 0.25) is 0 Å². The van der Waals surface area contributed by atoms with Crippen molar-refractivity contribution in [1.29, 1.82) is 0 Å². The lowest BCUT2D eigenvalue weighted by Crippen LogP contribution is -2.46. The number of phenols is 1. The molecule has 2 N–H and O–H groups in total. The van der Waals surface area contributed by atoms with Crippen LogP contribution in [0.5, 0.6) is 5.75 Å². The van der Waals surface area contributed by atoms with Crippen LogP contribution in [-0.4, -0.2) is 22.6 Å². The lowest BCUT2D eigenvalue weighted by molar-refractivity contribution is -0.134. The van der Waals surface area contributed by atoms with E-state index < -0.39 is 5.41 Å². The van der Waals surface area contributed by atoms with Gasteiger partial charge in [0.05, 0.1) is 12.0 Å². The van der Waals surface area contributed by atoms with E-state index in [2.05, 4.69) is 6.07 Å². The van der Waals surface area contributed by atoms with Gasteiger partial charge in [0.25, 0.3) is 0 Å². The zero-order valence-electron chi connectivity index (χ0n) is 12.2. The number of Topliss-reactive ketones (excluding diaryl/α,β-unsaturated/α-hetero) is 1. The predicted molar refractivity (Wildman–Crippen MR) is 79.1 cm³/mol. The number of carbonyl (C=O) groups is 1. The third-order valence-electron chi connectivity index (χ3n) is 6.44. The molecule has 0 heterocycles. The standard InChI is InChI=1S/C18H22O3/c19-10-18-8-7-14-13-4-2-12(20)9-11(13)1-3-15(14)16(18)5-6-17(18)21/h2,4,9,14-16,19-20H,1,3,5-8,10H2/t14-,15-,16+,18-/m1/s1. The van der Waals surface area contributed by atoms with Gasteiger partial charge in [0.2, 0.25) is 0 Å². The van der Waals surface area contributed by atoms with Gasteiger partial charge >= 0.3 is 0 Å². The van der Waals surface area contributed by atoms with Crippen LogP contribution < -0.4 is 0 Å². The maximum absolute atomic E-state index is 12.3. The lowest BCUT2D eigenvalue weighted by Gasteiger charge is -2.49. The number of phenolic OH excluding ortho intramolecular Hbond substituents is 1. The summed E-state index contributed by atoms with van der Waals surface area (Å²) in [5.74, 6) is 2.03. The Kier molecular flexibility index (Phi) is 2.90. The van der Waals surface area contributed by atoms with E-state index in [1.54, 1.807) is 6.07 Å². The minimum atomic E-state index is -0.435. The van der Waals surface area contributed by atoms with Gasteiger partial charge in [0, 0.05) is 6.42 Å². The lowest BCUT2D eigenvalue weighted by atomic mass is 9.55. The number of hydrogen-bond donors (Lipinski definition) is 2. The maximum atomic E-state index is 12.3. The first-order valence-electron chi connectivity index (χ1n) is 8.11. The zero-order chi connectivity index (χ0) is 14.6. The molecule has 0 amide bonds. The number of aromatic hydroxyl groups is 1. The van der Waals surface area contributed by atoms with Crippen molar-refractivity contribution in [3.05, 3.63) is 29.3 Å². The van der Waals surface area contributed by atoms with Crippen LogP contribution in [0.25, 0.3) is 0 Å². The van der Waals surface area contributed by atoms with Crippen molar-refractivity contribution in [2.24, 2.45) is 17.3 Å². The molecule has 0 radical (unpaired) electrons. The second-order valence-corrected chi connectivity index (χ2v) is 7.11. The molecule has 1 aromatic rings. The highest BCUT2D eigenvalue weighted by Gasteiger charge is 2.56. The molecule has 4 atom stereocenters. The summed E-state index contributed by atoms with van der Waals surface area (Å²) in [5.41, 5.74) is 2.21. The third-order valence-corrected chi connectivity index (χ3v) is 6.44. The van der Waals surface area contributed by atoms with E-state index in [0.29, 0.717) is 35.7 Å². The fourth-order valence-electron chi connectivity index (χ4n) is 5.44. The van der Waals surface area contributed by atoms with E-state index in [1.165, 1.54) is 11.1 Å². The number of aryl methyl sites for hydroxylation is 1. The van der Waals surface area contributed by atoms with E-state index in [4.69, 9.17) is 0 Å². The first-order valence-corrected chi connectivity index (χ1v) is 8.11. The normalized spacial score (nSPS) is 37.8. The van der Waals surface area contributed by atoms with Crippen molar-refractivity contribution in [3.63, 3.8) is 0 Å². The van der Waals surface area contributed by atoms with Gasteiger partial charge in [-0.25, -0.2) is 0 Å². The van der Waals surface area contributed by atoms with Crippen molar-refractivity contribution in [1.82, 2.24) is 0 Å². The summed E-state index contributed by atoms with van der Waals surface area (Å²) in [6.45, 7) is 0.0299. The molecule has 3 nitrogen and oxygen atoms in total. The van der Waals surface area contributed by atoms with E-state index >= 15 is 0 Å². The fraction of sp³-hybridized carbons (Fsp3) is 0.611. The van der Waals surface area contributed by atoms with Gasteiger partial charge in [-0.05, 0) is 73.1 Å². The number of carbonyl (C=O) groups excluding carboxylic acids is 1. The first-order chi connectivity index (χ1) is 10.2. The summed E-state index contributed by atoms with van der Waals surface area (Å²) < 4.78 is 0. The highest BCUT2D eigenvalue weighted by molar-refractivity contribution is 5.87. The van der Waals surface area contributed by atoms with Crippen molar-refractivity contribution in [2.45, 2.75) is 44.4 Å². The number of ketones is 1. The monoisotopic (exact) mass is 286 g/mol. The number of aliphatic hydroxyl groups excluding tert-OH is 1. The topological polar surface area (TPSA) is 57.5 Å². The van der Waals surface area contributed by atoms with Crippen LogP contribution in [0.15, 0.2) is 18.2 Å². The number of fused-ring (bicyclic) bond motifs is 5. The van der Waals surface area contributed by atoms with Gasteiger partial charge in [-0.2, -0.15) is 0 Å². The molecule has 3 heteroatoms. The van der Waals surface area contributed by atoms with E-state index in [-0.39, 0.29) is 6.61 Å². The Bertz CT molecular complexity index is 594. The Hall–Kier alpha value is -1.35. The summed E-state index contributed by atoms with van der Waals surface area (Å²) in [6.07, 6.45) is 5.49. The Morgan fingerprint density at radius 1 is 1.19 bits per heavy atom. The highest BCUT2D eigenvalue weighted by Crippen LogP contribution is 2.59. The Balaban J connectivity index is 1.73. The van der Waals surface area contributed by atoms with Crippen LogP contribution in [-0.2, 0) is 11.2 Å². The number of benzene rings is 1. The van der Waals surface area contributed by atoms with Crippen LogP contribution in [0.4, 0.5) is 0 Å². The van der Waals surface area contributed by atoms with E-state index in [1.807, 2.05) is 6.07 Å². The second-order valence-electron chi connectivity index (χ2n) is 7.11. The summed E-state index contributed by atoms with van der Waals surface area (Å²) in [6, 6.07) is 5.76. The predicted octanol–water partition coefficient (Wildman–Crippen LogP) is 2.79. The molecule has 0 aliphatic heterocycles. The quantitative estimate of drug-likeness (QED) is 0.834. The molecule has 0 spiro atoms. The van der Waals surface area contributed by atoms with Crippen LogP contribution in [0, 0.1) is 17.3 Å². The summed E-state index contributed by atoms with van der Waals surface area (Å²) in [5, 5.41) is 19.6. The Labute approximate surface area is 125 Å². The van der Waals surface area contributed by atoms with Crippen LogP contribution in [0.1, 0.15) is 49.1 Å². The number of rotatable bonds is 1. The van der Waals surface area contributed by atoms with Crippen molar-refractivity contribution in [2.75, 3.05) is 6.61 Å². The minimum absolute atomic E-state index is 0.0299. The Morgan fingerprint density at radius 3 is 2.86 bits per heavy atom. The molecule has 3 aliphatic carbocycles. The summed E-state index contributed by atoms with van der Waals surface area (Å²) >= 11 is 0. The minimum Gasteiger partial charge on any atom is -0.508 e. The molecule has 21 heavy (non-hydrogen) atoms. The molecule has 112 valence electrons. The molecular weight excluding hydrogens is 264 g/mol.